The van der Waals surface area contributed by atoms with Gasteiger partial charge in [-0.2, -0.15) is 5.26 Å². The van der Waals surface area contributed by atoms with Crippen LogP contribution in [0.1, 0.15) is 5.56 Å². The van der Waals surface area contributed by atoms with E-state index < -0.39 is 0 Å². The summed E-state index contributed by atoms with van der Waals surface area (Å²) in [5.74, 6) is 0.682. The first kappa shape index (κ1) is 15.9. The molecule has 7 heteroatoms. The molecule has 0 aliphatic rings. The Bertz CT molecular complexity index is 1130. The molecule has 25 heavy (non-hydrogen) atoms. The summed E-state index contributed by atoms with van der Waals surface area (Å²) in [6.45, 7) is 0. The lowest BCUT2D eigenvalue weighted by molar-refractivity contribution is 1.22. The molecule has 0 fully saturated rings. The number of benzene rings is 1. The van der Waals surface area contributed by atoms with Crippen LogP contribution >= 0.6 is 31.9 Å². The van der Waals surface area contributed by atoms with Crippen molar-refractivity contribution >= 4 is 42.9 Å². The van der Waals surface area contributed by atoms with Gasteiger partial charge in [0.05, 0.1) is 16.8 Å². The number of halogens is 2. The average Bonchev–Trinajstić information content (AvgIpc) is 3.06. The van der Waals surface area contributed by atoms with Crippen LogP contribution in [0.3, 0.4) is 0 Å². The fourth-order valence-corrected chi connectivity index (χ4v) is 3.88. The Kier molecular flexibility index (Phi) is 4.07. The molecule has 5 nitrogen and oxygen atoms in total. The molecule has 0 spiro atoms. The molecule has 0 radical (unpaired) electrons. The molecule has 0 saturated carbocycles. The molecule has 0 amide bonds. The van der Waals surface area contributed by atoms with Gasteiger partial charge in [-0.15, -0.1) is 0 Å². The van der Waals surface area contributed by atoms with Crippen molar-refractivity contribution in [1.82, 2.24) is 19.9 Å². The van der Waals surface area contributed by atoms with E-state index >= 15 is 0 Å². The topological polar surface area (TPSA) is 78.2 Å². The first-order chi connectivity index (χ1) is 12.2. The molecule has 0 aliphatic heterocycles. The quantitative estimate of drug-likeness (QED) is 0.457. The third kappa shape index (κ3) is 2.95. The Labute approximate surface area is 160 Å². The van der Waals surface area contributed by atoms with Gasteiger partial charge >= 0.3 is 0 Å². The van der Waals surface area contributed by atoms with E-state index in [4.69, 9.17) is 0 Å². The first-order valence-electron chi connectivity index (χ1n) is 7.32. The van der Waals surface area contributed by atoms with E-state index in [1.54, 1.807) is 24.5 Å². The second-order valence-corrected chi connectivity index (χ2v) is 7.08. The summed E-state index contributed by atoms with van der Waals surface area (Å²) in [5.41, 5.74) is 4.42. The minimum atomic E-state index is 0.523. The van der Waals surface area contributed by atoms with Gasteiger partial charge in [0.1, 0.15) is 17.3 Å². The zero-order valence-corrected chi connectivity index (χ0v) is 15.8. The second kappa shape index (κ2) is 6.39. The minimum Gasteiger partial charge on any atom is -0.337 e. The van der Waals surface area contributed by atoms with Crippen molar-refractivity contribution in [2.24, 2.45) is 0 Å². The van der Waals surface area contributed by atoms with E-state index in [0.29, 0.717) is 17.1 Å². The normalized spacial score (nSPS) is 10.8. The van der Waals surface area contributed by atoms with Crippen molar-refractivity contribution in [3.63, 3.8) is 0 Å². The van der Waals surface area contributed by atoms with Crippen LogP contribution in [-0.4, -0.2) is 19.9 Å². The van der Waals surface area contributed by atoms with Crippen LogP contribution in [-0.2, 0) is 0 Å². The Balaban J connectivity index is 1.76. The van der Waals surface area contributed by atoms with Gasteiger partial charge in [0.25, 0.3) is 0 Å². The lowest BCUT2D eigenvalue weighted by Gasteiger charge is -2.03. The van der Waals surface area contributed by atoms with Crippen molar-refractivity contribution in [3.8, 4) is 28.8 Å². The molecule has 120 valence electrons. The third-order valence-corrected chi connectivity index (χ3v) is 4.77. The van der Waals surface area contributed by atoms with Crippen LogP contribution in [0.4, 0.5) is 0 Å². The number of aromatic nitrogens is 4. The minimum absolute atomic E-state index is 0.523. The Morgan fingerprint density at radius 2 is 1.96 bits per heavy atom. The lowest BCUT2D eigenvalue weighted by Crippen LogP contribution is -1.91. The molecular formula is C18H9Br2N5. The van der Waals surface area contributed by atoms with Crippen molar-refractivity contribution in [2.45, 2.75) is 0 Å². The van der Waals surface area contributed by atoms with Gasteiger partial charge in [-0.05, 0) is 52.3 Å². The van der Waals surface area contributed by atoms with Gasteiger partial charge in [-0.25, -0.2) is 4.98 Å². The number of imidazole rings is 1. The summed E-state index contributed by atoms with van der Waals surface area (Å²) >= 11 is 6.99. The summed E-state index contributed by atoms with van der Waals surface area (Å²) < 4.78 is 1.87. The maximum absolute atomic E-state index is 9.21. The molecule has 0 atom stereocenters. The number of nitrogens with one attached hydrogen (secondary N) is 1. The van der Waals surface area contributed by atoms with Gasteiger partial charge in [0.15, 0.2) is 5.82 Å². The standard InChI is InChI=1S/C18H9Br2N5/c19-12-6-13(20)17-15(7-12)24-18(25-17)14-4-3-11(9-23-14)16-10(8-21)2-1-5-22-16/h1-7,9H,(H,24,25). The van der Waals surface area contributed by atoms with Crippen molar-refractivity contribution in [2.75, 3.05) is 0 Å². The van der Waals surface area contributed by atoms with Crippen LogP contribution in [0.5, 0.6) is 0 Å². The highest BCUT2D eigenvalue weighted by molar-refractivity contribution is 9.11. The third-order valence-electron chi connectivity index (χ3n) is 3.71. The molecule has 3 aromatic heterocycles. The van der Waals surface area contributed by atoms with E-state index in [0.717, 1.165) is 31.2 Å². The number of nitriles is 1. The maximum Gasteiger partial charge on any atom is 0.157 e. The van der Waals surface area contributed by atoms with Crippen molar-refractivity contribution < 1.29 is 0 Å². The van der Waals surface area contributed by atoms with E-state index in [2.05, 4.69) is 57.9 Å². The number of rotatable bonds is 2. The van der Waals surface area contributed by atoms with Crippen LogP contribution in [0.25, 0.3) is 33.8 Å². The summed E-state index contributed by atoms with van der Waals surface area (Å²) in [7, 11) is 0. The van der Waals surface area contributed by atoms with Crippen LogP contribution in [0.15, 0.2) is 57.7 Å². The number of H-pyrrole nitrogens is 1. The molecule has 0 unspecified atom stereocenters. The summed E-state index contributed by atoms with van der Waals surface area (Å²) in [6.07, 6.45) is 3.37. The predicted molar refractivity (Wildman–Crippen MR) is 103 cm³/mol. The number of hydrogen-bond acceptors (Lipinski definition) is 4. The van der Waals surface area contributed by atoms with Crippen LogP contribution in [0.2, 0.25) is 0 Å². The highest BCUT2D eigenvalue weighted by Crippen LogP contribution is 2.29. The fraction of sp³-hybridized carbons (Fsp3) is 0. The molecular weight excluding hydrogens is 446 g/mol. The molecule has 1 N–H and O–H groups in total. The predicted octanol–water partition coefficient (Wildman–Crippen LogP) is 5.08. The molecule has 4 rings (SSSR count). The first-order valence-corrected chi connectivity index (χ1v) is 8.91. The summed E-state index contributed by atoms with van der Waals surface area (Å²) in [5, 5.41) is 9.21. The van der Waals surface area contributed by atoms with Crippen LogP contribution < -0.4 is 0 Å². The molecule has 3 heterocycles. The van der Waals surface area contributed by atoms with E-state index in [9.17, 15) is 5.26 Å². The summed E-state index contributed by atoms with van der Waals surface area (Å²) in [6, 6.07) is 13.3. The Hall–Kier alpha value is -2.56. The van der Waals surface area contributed by atoms with Gasteiger partial charge < -0.3 is 4.98 Å². The van der Waals surface area contributed by atoms with Crippen LogP contribution in [0, 0.1) is 11.3 Å². The molecule has 0 bridgehead atoms. The van der Waals surface area contributed by atoms with Crippen molar-refractivity contribution in [1.29, 1.82) is 5.26 Å². The van der Waals surface area contributed by atoms with E-state index in [1.807, 2.05) is 24.3 Å². The highest BCUT2D eigenvalue weighted by Gasteiger charge is 2.11. The Morgan fingerprint density at radius 3 is 2.72 bits per heavy atom. The number of hydrogen-bond donors (Lipinski definition) is 1. The lowest BCUT2D eigenvalue weighted by atomic mass is 10.1. The monoisotopic (exact) mass is 453 g/mol. The van der Waals surface area contributed by atoms with Gasteiger partial charge in [-0.1, -0.05) is 15.9 Å². The maximum atomic E-state index is 9.21. The van der Waals surface area contributed by atoms with Crippen molar-refractivity contribution in [3.05, 3.63) is 63.3 Å². The largest absolute Gasteiger partial charge is 0.337 e. The number of pyridine rings is 2. The SMILES string of the molecule is N#Cc1cccnc1-c1ccc(-c2nc3c(Br)cc(Br)cc3[nH]2)nc1. The molecule has 4 aromatic rings. The highest BCUT2D eigenvalue weighted by atomic mass is 79.9. The summed E-state index contributed by atoms with van der Waals surface area (Å²) in [4.78, 5) is 16.6. The molecule has 1 aromatic carbocycles. The van der Waals surface area contributed by atoms with E-state index in [1.165, 1.54) is 0 Å². The zero-order chi connectivity index (χ0) is 17.4. The number of fused-ring (bicyclic) bond motifs is 1. The molecule has 0 saturated heterocycles. The second-order valence-electron chi connectivity index (χ2n) is 5.31. The van der Waals surface area contributed by atoms with E-state index in [-0.39, 0.29) is 0 Å². The number of aromatic amines is 1. The number of nitrogens with zero attached hydrogens (tertiary/aromatic N) is 4. The van der Waals surface area contributed by atoms with Gasteiger partial charge in [0, 0.05) is 26.9 Å². The smallest absolute Gasteiger partial charge is 0.157 e. The average molecular weight is 455 g/mol. The Morgan fingerprint density at radius 1 is 1.08 bits per heavy atom. The fourth-order valence-electron chi connectivity index (χ4n) is 2.56. The molecule has 0 aliphatic carbocycles. The van der Waals surface area contributed by atoms with Gasteiger partial charge in [-0.3, -0.25) is 9.97 Å². The van der Waals surface area contributed by atoms with Gasteiger partial charge in [0.2, 0.25) is 0 Å². The zero-order valence-electron chi connectivity index (χ0n) is 12.7.